The molecule has 0 aromatic rings. The minimum Gasteiger partial charge on any atom is -0.383 e. The summed E-state index contributed by atoms with van der Waals surface area (Å²) in [6.07, 6.45) is 3.61. The van der Waals surface area contributed by atoms with E-state index in [1.165, 1.54) is 25.8 Å². The van der Waals surface area contributed by atoms with Crippen LogP contribution < -0.4 is 5.73 Å². The SMILES string of the molecule is CCN(C(C)COC)C1(CN)CCCN(C)CC1. The summed E-state index contributed by atoms with van der Waals surface area (Å²) in [6.45, 7) is 9.40. The first-order valence-corrected chi connectivity index (χ1v) is 7.24. The Morgan fingerprint density at radius 1 is 1.39 bits per heavy atom. The zero-order valence-corrected chi connectivity index (χ0v) is 12.6. The van der Waals surface area contributed by atoms with Gasteiger partial charge in [-0.2, -0.15) is 0 Å². The van der Waals surface area contributed by atoms with Crippen LogP contribution in [-0.4, -0.2) is 68.3 Å². The average molecular weight is 257 g/mol. The number of hydrogen-bond acceptors (Lipinski definition) is 4. The molecule has 0 spiro atoms. The first-order valence-electron chi connectivity index (χ1n) is 7.24. The van der Waals surface area contributed by atoms with E-state index in [4.69, 9.17) is 10.5 Å². The molecule has 0 saturated carbocycles. The molecule has 4 heteroatoms. The fraction of sp³-hybridized carbons (Fsp3) is 1.00. The predicted octanol–water partition coefficient (Wildman–Crippen LogP) is 1.16. The summed E-state index contributed by atoms with van der Waals surface area (Å²) >= 11 is 0. The molecule has 1 saturated heterocycles. The fourth-order valence-electron chi connectivity index (χ4n) is 3.37. The smallest absolute Gasteiger partial charge is 0.0615 e. The number of likely N-dealkylation sites (tertiary alicyclic amines) is 1. The van der Waals surface area contributed by atoms with Crippen LogP contribution in [-0.2, 0) is 4.74 Å². The molecule has 1 fully saturated rings. The van der Waals surface area contributed by atoms with Gasteiger partial charge in [-0.3, -0.25) is 4.90 Å². The van der Waals surface area contributed by atoms with Gasteiger partial charge in [0.15, 0.2) is 0 Å². The standard InChI is InChI=1S/C14H31N3O/c1-5-17(13(2)11-18-4)14(12-15)7-6-9-16(3)10-8-14/h13H,5-12,15H2,1-4H3. The normalized spacial score (nSPS) is 28.3. The maximum atomic E-state index is 6.16. The molecular weight excluding hydrogens is 226 g/mol. The van der Waals surface area contributed by atoms with E-state index < -0.39 is 0 Å². The maximum Gasteiger partial charge on any atom is 0.0615 e. The Morgan fingerprint density at radius 3 is 2.67 bits per heavy atom. The van der Waals surface area contributed by atoms with Gasteiger partial charge in [0.25, 0.3) is 0 Å². The van der Waals surface area contributed by atoms with E-state index in [1.807, 2.05) is 0 Å². The molecule has 1 rings (SSSR count). The molecule has 0 bridgehead atoms. The highest BCUT2D eigenvalue weighted by atomic mass is 16.5. The summed E-state index contributed by atoms with van der Waals surface area (Å²) < 4.78 is 5.33. The van der Waals surface area contributed by atoms with Gasteiger partial charge >= 0.3 is 0 Å². The highest BCUT2D eigenvalue weighted by Crippen LogP contribution is 2.29. The quantitative estimate of drug-likeness (QED) is 0.775. The lowest BCUT2D eigenvalue weighted by Crippen LogP contribution is -2.58. The third kappa shape index (κ3) is 3.67. The number of ether oxygens (including phenoxy) is 1. The van der Waals surface area contributed by atoms with Crippen molar-refractivity contribution in [3.63, 3.8) is 0 Å². The Bertz CT molecular complexity index is 237. The van der Waals surface area contributed by atoms with Crippen LogP contribution in [0.5, 0.6) is 0 Å². The molecule has 2 atom stereocenters. The summed E-state index contributed by atoms with van der Waals surface area (Å²) in [5.74, 6) is 0. The minimum atomic E-state index is 0.164. The Morgan fingerprint density at radius 2 is 2.11 bits per heavy atom. The minimum absolute atomic E-state index is 0.164. The van der Waals surface area contributed by atoms with E-state index >= 15 is 0 Å². The molecule has 108 valence electrons. The molecule has 0 aromatic heterocycles. The van der Waals surface area contributed by atoms with Crippen LogP contribution in [0.3, 0.4) is 0 Å². The van der Waals surface area contributed by atoms with Crippen molar-refractivity contribution in [2.24, 2.45) is 5.73 Å². The van der Waals surface area contributed by atoms with Crippen molar-refractivity contribution in [1.29, 1.82) is 0 Å². The van der Waals surface area contributed by atoms with Gasteiger partial charge in [0, 0.05) is 25.2 Å². The number of nitrogens with zero attached hydrogens (tertiary/aromatic N) is 2. The molecule has 0 aromatic carbocycles. The van der Waals surface area contributed by atoms with Crippen LogP contribution in [0.25, 0.3) is 0 Å². The predicted molar refractivity (Wildman–Crippen MR) is 76.9 cm³/mol. The number of hydrogen-bond donors (Lipinski definition) is 1. The van der Waals surface area contributed by atoms with Crippen LogP contribution in [0.15, 0.2) is 0 Å². The van der Waals surface area contributed by atoms with Gasteiger partial charge in [0.1, 0.15) is 0 Å². The van der Waals surface area contributed by atoms with Crippen molar-refractivity contribution in [2.45, 2.75) is 44.7 Å². The summed E-state index contributed by atoms with van der Waals surface area (Å²) in [4.78, 5) is 4.99. The zero-order chi connectivity index (χ0) is 13.6. The van der Waals surface area contributed by atoms with Crippen molar-refractivity contribution in [1.82, 2.24) is 9.80 Å². The summed E-state index contributed by atoms with van der Waals surface area (Å²) in [5.41, 5.74) is 6.33. The number of likely N-dealkylation sites (N-methyl/N-ethyl adjacent to an activating group) is 1. The third-order valence-corrected chi connectivity index (χ3v) is 4.41. The Labute approximate surface area is 112 Å². The lowest BCUT2D eigenvalue weighted by Gasteiger charge is -2.46. The maximum absolute atomic E-state index is 6.16. The van der Waals surface area contributed by atoms with Crippen molar-refractivity contribution in [2.75, 3.05) is 46.9 Å². The van der Waals surface area contributed by atoms with Gasteiger partial charge in [-0.25, -0.2) is 0 Å². The monoisotopic (exact) mass is 257 g/mol. The third-order valence-electron chi connectivity index (χ3n) is 4.41. The van der Waals surface area contributed by atoms with Crippen LogP contribution in [0.2, 0.25) is 0 Å². The van der Waals surface area contributed by atoms with Crippen LogP contribution >= 0.6 is 0 Å². The highest BCUT2D eigenvalue weighted by molar-refractivity contribution is 4.96. The van der Waals surface area contributed by atoms with Crippen LogP contribution in [0.4, 0.5) is 0 Å². The van der Waals surface area contributed by atoms with Crippen LogP contribution in [0, 0.1) is 0 Å². The van der Waals surface area contributed by atoms with Gasteiger partial charge in [0.05, 0.1) is 6.61 Å². The van der Waals surface area contributed by atoms with Gasteiger partial charge in [-0.15, -0.1) is 0 Å². The molecule has 1 heterocycles. The molecule has 0 amide bonds. The lowest BCUT2D eigenvalue weighted by molar-refractivity contribution is 0.0117. The number of nitrogens with two attached hydrogens (primary N) is 1. The second kappa shape index (κ2) is 7.43. The highest BCUT2D eigenvalue weighted by Gasteiger charge is 2.38. The molecule has 1 aliphatic rings. The summed E-state index contributed by atoms with van der Waals surface area (Å²) in [7, 11) is 3.99. The van der Waals surface area contributed by atoms with Crippen molar-refractivity contribution >= 4 is 0 Å². The molecule has 18 heavy (non-hydrogen) atoms. The zero-order valence-electron chi connectivity index (χ0n) is 12.6. The second-order valence-electron chi connectivity index (χ2n) is 5.68. The second-order valence-corrected chi connectivity index (χ2v) is 5.68. The van der Waals surface area contributed by atoms with E-state index in [-0.39, 0.29) is 5.54 Å². The summed E-state index contributed by atoms with van der Waals surface area (Å²) in [6, 6.07) is 0.437. The van der Waals surface area contributed by atoms with Gasteiger partial charge in [-0.05, 0) is 52.9 Å². The Hall–Kier alpha value is -0.160. The average Bonchev–Trinajstić information content (AvgIpc) is 2.54. The van der Waals surface area contributed by atoms with Gasteiger partial charge in [-0.1, -0.05) is 6.92 Å². The molecule has 1 aliphatic heterocycles. The van der Waals surface area contributed by atoms with E-state index in [0.717, 1.165) is 26.2 Å². The van der Waals surface area contributed by atoms with E-state index in [9.17, 15) is 0 Å². The molecule has 2 unspecified atom stereocenters. The summed E-state index contributed by atoms with van der Waals surface area (Å²) in [5, 5.41) is 0. The van der Waals surface area contributed by atoms with E-state index in [1.54, 1.807) is 7.11 Å². The topological polar surface area (TPSA) is 41.7 Å². The van der Waals surface area contributed by atoms with Crippen LogP contribution in [0.1, 0.15) is 33.1 Å². The van der Waals surface area contributed by atoms with Gasteiger partial charge in [0.2, 0.25) is 0 Å². The molecule has 2 N–H and O–H groups in total. The number of rotatable bonds is 6. The largest absolute Gasteiger partial charge is 0.383 e. The first kappa shape index (κ1) is 15.9. The molecule has 0 aliphatic carbocycles. The van der Waals surface area contributed by atoms with Crippen molar-refractivity contribution in [3.05, 3.63) is 0 Å². The van der Waals surface area contributed by atoms with Gasteiger partial charge < -0.3 is 15.4 Å². The lowest BCUT2D eigenvalue weighted by atomic mass is 9.87. The molecule has 0 radical (unpaired) electrons. The van der Waals surface area contributed by atoms with E-state index in [2.05, 4.69) is 30.7 Å². The first-order chi connectivity index (χ1) is 8.59. The van der Waals surface area contributed by atoms with Crippen molar-refractivity contribution < 1.29 is 4.74 Å². The molecular formula is C14H31N3O. The Balaban J connectivity index is 2.81. The van der Waals surface area contributed by atoms with Crippen molar-refractivity contribution in [3.8, 4) is 0 Å². The Kier molecular flexibility index (Phi) is 6.57. The molecule has 4 nitrogen and oxygen atoms in total. The number of methoxy groups -OCH3 is 1. The fourth-order valence-corrected chi connectivity index (χ4v) is 3.37. The van der Waals surface area contributed by atoms with E-state index in [0.29, 0.717) is 6.04 Å².